The quantitative estimate of drug-likeness (QED) is 0.912. The van der Waals surface area contributed by atoms with Crippen LogP contribution in [0.1, 0.15) is 54.6 Å². The molecular weight excluding hydrogens is 314 g/mol. The van der Waals surface area contributed by atoms with E-state index in [1.807, 2.05) is 19.2 Å². The second-order valence-electron chi connectivity index (χ2n) is 8.72. The summed E-state index contributed by atoms with van der Waals surface area (Å²) in [6, 6.07) is 3.89. The van der Waals surface area contributed by atoms with Crippen molar-refractivity contribution in [2.45, 2.75) is 49.7 Å². The topological polar surface area (TPSA) is 68.5 Å². The fraction of sp³-hybridized carbons (Fsp3) is 0.700. The number of nitrogens with zero attached hydrogens (tertiary/aromatic N) is 2. The molecule has 1 aromatic heterocycles. The molecular formula is C20H27N3O2. The van der Waals surface area contributed by atoms with Crippen molar-refractivity contribution >= 4 is 5.91 Å². The van der Waals surface area contributed by atoms with Crippen molar-refractivity contribution < 1.29 is 9.53 Å². The van der Waals surface area contributed by atoms with E-state index in [4.69, 9.17) is 10.5 Å². The van der Waals surface area contributed by atoms with Crippen molar-refractivity contribution in [1.29, 1.82) is 0 Å². The van der Waals surface area contributed by atoms with Crippen LogP contribution in [-0.4, -0.2) is 41.5 Å². The molecule has 134 valence electrons. The Morgan fingerprint density at radius 2 is 1.96 bits per heavy atom. The lowest BCUT2D eigenvalue weighted by atomic mass is 9.48. The average molecular weight is 341 g/mol. The van der Waals surface area contributed by atoms with Crippen molar-refractivity contribution in [3.63, 3.8) is 0 Å². The van der Waals surface area contributed by atoms with E-state index in [0.29, 0.717) is 23.1 Å². The van der Waals surface area contributed by atoms with Gasteiger partial charge in [0.15, 0.2) is 0 Å². The number of fused-ring (bicyclic) bond motifs is 2. The number of piperidine rings is 1. The summed E-state index contributed by atoms with van der Waals surface area (Å²) in [7, 11) is 1.84. The molecule has 5 heteroatoms. The summed E-state index contributed by atoms with van der Waals surface area (Å²) in [5.74, 6) is 1.49. The fourth-order valence-electron chi connectivity index (χ4n) is 6.37. The van der Waals surface area contributed by atoms with E-state index in [1.165, 1.54) is 38.5 Å². The maximum absolute atomic E-state index is 11.6. The first-order valence-corrected chi connectivity index (χ1v) is 9.64. The lowest BCUT2D eigenvalue weighted by Crippen LogP contribution is -2.73. The van der Waals surface area contributed by atoms with E-state index in [9.17, 15) is 4.79 Å². The molecule has 1 aliphatic heterocycles. The summed E-state index contributed by atoms with van der Waals surface area (Å²) in [5.41, 5.74) is 7.13. The largest absolute Gasteiger partial charge is 0.373 e. The standard InChI is InChI=1S/C20H27N3O2/c1-25-20(14-5-6-22-17(7-14)18(21)24)15-3-2-4-16(20)12-23(11-15)19-8-13(9-19)10-19/h5-7,13,15-16H,2-4,8-12H2,1H3,(H2,21,24). The normalized spacial score (nSPS) is 42.4. The Kier molecular flexibility index (Phi) is 3.32. The second-order valence-corrected chi connectivity index (χ2v) is 8.72. The fourth-order valence-corrected chi connectivity index (χ4v) is 6.37. The van der Waals surface area contributed by atoms with Gasteiger partial charge in [0.2, 0.25) is 0 Å². The van der Waals surface area contributed by atoms with Crippen LogP contribution in [0, 0.1) is 17.8 Å². The summed E-state index contributed by atoms with van der Waals surface area (Å²) >= 11 is 0. The number of nitrogens with two attached hydrogens (primary N) is 1. The maximum Gasteiger partial charge on any atom is 0.267 e. The van der Waals surface area contributed by atoms with Crippen LogP contribution in [0.3, 0.4) is 0 Å². The van der Waals surface area contributed by atoms with Crippen molar-refractivity contribution in [1.82, 2.24) is 9.88 Å². The lowest BCUT2D eigenvalue weighted by Gasteiger charge is -2.70. The Morgan fingerprint density at radius 1 is 1.28 bits per heavy atom. The second kappa shape index (κ2) is 5.27. The summed E-state index contributed by atoms with van der Waals surface area (Å²) in [6.45, 7) is 2.23. The Bertz CT molecular complexity index is 688. The van der Waals surface area contributed by atoms with Crippen LogP contribution < -0.4 is 5.73 Å². The molecule has 5 fully saturated rings. The number of carbonyl (C=O) groups excluding carboxylic acids is 1. The molecule has 4 aliphatic carbocycles. The molecule has 2 heterocycles. The predicted molar refractivity (Wildman–Crippen MR) is 93.9 cm³/mol. The summed E-state index contributed by atoms with van der Waals surface area (Å²) in [5, 5.41) is 0. The van der Waals surface area contributed by atoms with E-state index < -0.39 is 5.91 Å². The van der Waals surface area contributed by atoms with Crippen LogP contribution in [0.25, 0.3) is 0 Å². The van der Waals surface area contributed by atoms with Gasteiger partial charge in [-0.05, 0) is 55.7 Å². The van der Waals surface area contributed by atoms with Crippen LogP contribution in [0.5, 0.6) is 0 Å². The van der Waals surface area contributed by atoms with Gasteiger partial charge in [-0.2, -0.15) is 0 Å². The molecule has 0 radical (unpaired) electrons. The first kappa shape index (κ1) is 15.8. The number of rotatable bonds is 4. The van der Waals surface area contributed by atoms with Crippen LogP contribution in [0.15, 0.2) is 18.3 Å². The highest BCUT2D eigenvalue weighted by Gasteiger charge is 2.63. The van der Waals surface area contributed by atoms with Crippen LogP contribution in [0.2, 0.25) is 0 Å². The number of methoxy groups -OCH3 is 1. The molecule has 0 aromatic carbocycles. The Morgan fingerprint density at radius 3 is 2.48 bits per heavy atom. The van der Waals surface area contributed by atoms with Crippen molar-refractivity contribution in [3.8, 4) is 0 Å². The third-order valence-corrected chi connectivity index (χ3v) is 7.68. The average Bonchev–Trinajstić information content (AvgIpc) is 2.51. The molecule has 1 saturated heterocycles. The van der Waals surface area contributed by atoms with Gasteiger partial charge in [0.25, 0.3) is 5.91 Å². The number of ether oxygens (including phenoxy) is 1. The molecule has 25 heavy (non-hydrogen) atoms. The first-order chi connectivity index (χ1) is 12.1. The summed E-state index contributed by atoms with van der Waals surface area (Å²) < 4.78 is 6.29. The zero-order valence-electron chi connectivity index (χ0n) is 14.9. The maximum atomic E-state index is 11.6. The number of carbonyl (C=O) groups is 1. The predicted octanol–water partition coefficient (Wildman–Crippen LogP) is 2.31. The van der Waals surface area contributed by atoms with Crippen LogP contribution in [0.4, 0.5) is 0 Å². The third kappa shape index (κ3) is 2.02. The Labute approximate surface area is 148 Å². The Hall–Kier alpha value is -1.46. The molecule has 2 atom stereocenters. The van der Waals surface area contributed by atoms with Gasteiger partial charge in [-0.3, -0.25) is 14.7 Å². The zero-order valence-corrected chi connectivity index (χ0v) is 14.9. The number of aromatic nitrogens is 1. The molecule has 1 aromatic rings. The molecule has 6 rings (SSSR count). The van der Waals surface area contributed by atoms with E-state index in [0.717, 1.165) is 24.6 Å². The minimum atomic E-state index is -0.468. The summed E-state index contributed by atoms with van der Waals surface area (Å²) in [4.78, 5) is 18.5. The van der Waals surface area contributed by atoms with E-state index in [2.05, 4.69) is 9.88 Å². The van der Waals surface area contributed by atoms with E-state index in [1.54, 1.807) is 6.20 Å². The monoisotopic (exact) mass is 341 g/mol. The van der Waals surface area contributed by atoms with Gasteiger partial charge in [-0.15, -0.1) is 0 Å². The van der Waals surface area contributed by atoms with Gasteiger partial charge >= 0.3 is 0 Å². The highest BCUT2D eigenvalue weighted by Crippen LogP contribution is 2.63. The molecule has 0 spiro atoms. The van der Waals surface area contributed by atoms with Crippen molar-refractivity contribution in [2.24, 2.45) is 23.5 Å². The van der Waals surface area contributed by atoms with Crippen molar-refractivity contribution in [2.75, 3.05) is 20.2 Å². The SMILES string of the molecule is COC1(c2ccnc(C(N)=O)c2)C2CCCC1CN(C13CC(C1)C3)C2. The molecule has 5 aliphatic rings. The number of hydrogen-bond donors (Lipinski definition) is 1. The highest BCUT2D eigenvalue weighted by molar-refractivity contribution is 5.90. The number of primary amides is 1. The Balaban J connectivity index is 1.52. The van der Waals surface area contributed by atoms with Gasteiger partial charge in [0.05, 0.1) is 0 Å². The molecule has 2 N–H and O–H groups in total. The van der Waals surface area contributed by atoms with Crippen molar-refractivity contribution in [3.05, 3.63) is 29.6 Å². The van der Waals surface area contributed by atoms with Gasteiger partial charge in [-0.1, -0.05) is 6.42 Å². The molecule has 2 unspecified atom stereocenters. The van der Waals surface area contributed by atoms with Gasteiger partial charge in [0.1, 0.15) is 11.3 Å². The zero-order chi connectivity index (χ0) is 17.2. The third-order valence-electron chi connectivity index (χ3n) is 7.68. The smallest absolute Gasteiger partial charge is 0.267 e. The minimum Gasteiger partial charge on any atom is -0.373 e. The number of pyridine rings is 1. The van der Waals surface area contributed by atoms with Crippen LogP contribution >= 0.6 is 0 Å². The number of hydrogen-bond acceptors (Lipinski definition) is 4. The van der Waals surface area contributed by atoms with E-state index in [-0.39, 0.29) is 5.60 Å². The minimum absolute atomic E-state index is 0.300. The van der Waals surface area contributed by atoms with Gasteiger partial charge in [0, 0.05) is 43.8 Å². The molecule has 1 amide bonds. The van der Waals surface area contributed by atoms with Crippen LogP contribution in [-0.2, 0) is 10.3 Å². The highest BCUT2D eigenvalue weighted by atomic mass is 16.5. The molecule has 4 saturated carbocycles. The van der Waals surface area contributed by atoms with E-state index >= 15 is 0 Å². The lowest BCUT2D eigenvalue weighted by molar-refractivity contribution is -0.226. The molecule has 4 bridgehead atoms. The summed E-state index contributed by atoms with van der Waals surface area (Å²) in [6.07, 6.45) is 9.59. The number of likely N-dealkylation sites (tertiary alicyclic amines) is 1. The first-order valence-electron chi connectivity index (χ1n) is 9.64. The van der Waals surface area contributed by atoms with Gasteiger partial charge < -0.3 is 10.5 Å². The number of amides is 1. The molecule has 5 nitrogen and oxygen atoms in total. The van der Waals surface area contributed by atoms with Gasteiger partial charge in [-0.25, -0.2) is 0 Å².